The largest absolute Gasteiger partial charge is 0.455 e. The van der Waals surface area contributed by atoms with Gasteiger partial charge < -0.3 is 4.42 Å². The van der Waals surface area contributed by atoms with Gasteiger partial charge in [-0.05, 0) is 31.2 Å². The molecule has 0 aliphatic heterocycles. The predicted molar refractivity (Wildman–Crippen MR) is 98.8 cm³/mol. The SMILES string of the molecule is Cc1ccc(-c2oc3ccccc3c2C#Cc2ccccc2)cc1. The molecule has 0 radical (unpaired) electrons. The Hall–Kier alpha value is -3.24. The minimum atomic E-state index is 0.833. The van der Waals surface area contributed by atoms with Gasteiger partial charge in [0.05, 0.1) is 5.56 Å². The Morgan fingerprint density at radius 1 is 0.708 bits per heavy atom. The fraction of sp³-hybridized carbons (Fsp3) is 0.0435. The van der Waals surface area contributed by atoms with Gasteiger partial charge in [-0.25, -0.2) is 0 Å². The number of hydrogen-bond donors (Lipinski definition) is 0. The van der Waals surface area contributed by atoms with Crippen LogP contribution in [0.5, 0.6) is 0 Å². The van der Waals surface area contributed by atoms with Gasteiger partial charge in [-0.15, -0.1) is 0 Å². The van der Waals surface area contributed by atoms with E-state index in [2.05, 4.69) is 49.1 Å². The lowest BCUT2D eigenvalue weighted by atomic mass is 10.0. The van der Waals surface area contributed by atoms with Crippen LogP contribution in [0.15, 0.2) is 83.3 Å². The number of fused-ring (bicyclic) bond motifs is 1. The third kappa shape index (κ3) is 2.71. The zero-order chi connectivity index (χ0) is 16.4. The first kappa shape index (κ1) is 14.4. The maximum Gasteiger partial charge on any atom is 0.151 e. The van der Waals surface area contributed by atoms with Gasteiger partial charge in [0.1, 0.15) is 5.58 Å². The molecule has 24 heavy (non-hydrogen) atoms. The monoisotopic (exact) mass is 308 g/mol. The maximum atomic E-state index is 6.11. The number of furan rings is 1. The summed E-state index contributed by atoms with van der Waals surface area (Å²) in [5.41, 5.74) is 5.09. The van der Waals surface area contributed by atoms with Crippen LogP contribution in [0.2, 0.25) is 0 Å². The lowest BCUT2D eigenvalue weighted by molar-refractivity contribution is 0.630. The Labute approximate surface area is 141 Å². The molecule has 1 heterocycles. The zero-order valence-electron chi connectivity index (χ0n) is 13.4. The summed E-state index contributed by atoms with van der Waals surface area (Å²) in [7, 11) is 0. The van der Waals surface area contributed by atoms with E-state index in [-0.39, 0.29) is 0 Å². The highest BCUT2D eigenvalue weighted by atomic mass is 16.3. The van der Waals surface area contributed by atoms with Crippen LogP contribution in [0.4, 0.5) is 0 Å². The number of rotatable bonds is 1. The van der Waals surface area contributed by atoms with Gasteiger partial charge in [0, 0.05) is 16.5 Å². The van der Waals surface area contributed by atoms with Gasteiger partial charge in [0.25, 0.3) is 0 Å². The van der Waals surface area contributed by atoms with E-state index in [0.29, 0.717) is 0 Å². The van der Waals surface area contributed by atoms with Crippen molar-refractivity contribution < 1.29 is 4.42 Å². The molecule has 0 atom stereocenters. The van der Waals surface area contributed by atoms with Gasteiger partial charge in [-0.1, -0.05) is 72.0 Å². The molecule has 0 fully saturated rings. The fourth-order valence-corrected chi connectivity index (χ4v) is 2.73. The molecule has 0 aliphatic carbocycles. The molecule has 4 aromatic rings. The standard InChI is InChI=1S/C23H16O/c1-17-11-14-19(15-12-17)23-21(16-13-18-7-3-2-4-8-18)20-9-5-6-10-22(20)24-23/h2-12,14-15H,1H3. The van der Waals surface area contributed by atoms with Crippen LogP contribution in [-0.2, 0) is 0 Å². The fourth-order valence-electron chi connectivity index (χ4n) is 2.73. The van der Waals surface area contributed by atoms with Gasteiger partial charge in [-0.3, -0.25) is 0 Å². The van der Waals surface area contributed by atoms with Crippen molar-refractivity contribution >= 4 is 11.0 Å². The first-order chi connectivity index (χ1) is 11.8. The van der Waals surface area contributed by atoms with E-state index in [9.17, 15) is 0 Å². The van der Waals surface area contributed by atoms with E-state index in [0.717, 1.165) is 33.4 Å². The molecule has 1 nitrogen and oxygen atoms in total. The second kappa shape index (κ2) is 6.10. The summed E-state index contributed by atoms with van der Waals surface area (Å²) >= 11 is 0. The van der Waals surface area contributed by atoms with Gasteiger partial charge in [0.15, 0.2) is 5.76 Å². The summed E-state index contributed by atoms with van der Waals surface area (Å²) in [6.45, 7) is 2.08. The van der Waals surface area contributed by atoms with E-state index >= 15 is 0 Å². The quantitative estimate of drug-likeness (QED) is 0.404. The predicted octanol–water partition coefficient (Wildman–Crippen LogP) is 5.81. The lowest BCUT2D eigenvalue weighted by Crippen LogP contribution is -1.81. The molecule has 0 amide bonds. The molecule has 1 aromatic heterocycles. The Bertz CT molecular complexity index is 1040. The summed E-state index contributed by atoms with van der Waals surface area (Å²) in [6, 6.07) is 26.4. The highest BCUT2D eigenvalue weighted by Gasteiger charge is 2.13. The molecule has 0 aliphatic rings. The topological polar surface area (TPSA) is 13.1 Å². The minimum Gasteiger partial charge on any atom is -0.455 e. The van der Waals surface area contributed by atoms with Crippen LogP contribution >= 0.6 is 0 Å². The normalized spacial score (nSPS) is 10.4. The third-order valence-electron chi connectivity index (χ3n) is 4.01. The Balaban J connectivity index is 1.91. The lowest BCUT2D eigenvalue weighted by Gasteiger charge is -1.99. The zero-order valence-corrected chi connectivity index (χ0v) is 13.4. The number of benzene rings is 3. The number of aryl methyl sites for hydroxylation is 1. The van der Waals surface area contributed by atoms with Crippen molar-refractivity contribution in [3.8, 4) is 23.2 Å². The van der Waals surface area contributed by atoms with E-state index in [1.165, 1.54) is 5.56 Å². The van der Waals surface area contributed by atoms with E-state index in [1.807, 2.05) is 48.5 Å². The maximum absolute atomic E-state index is 6.11. The third-order valence-corrected chi connectivity index (χ3v) is 4.01. The van der Waals surface area contributed by atoms with E-state index in [4.69, 9.17) is 4.42 Å². The van der Waals surface area contributed by atoms with Crippen molar-refractivity contribution in [2.24, 2.45) is 0 Å². The molecule has 0 spiro atoms. The van der Waals surface area contributed by atoms with Crippen molar-refractivity contribution in [3.05, 3.63) is 95.6 Å². The first-order valence-corrected chi connectivity index (χ1v) is 7.97. The molecule has 114 valence electrons. The molecule has 3 aromatic carbocycles. The van der Waals surface area contributed by atoms with E-state index in [1.54, 1.807) is 0 Å². The van der Waals surface area contributed by atoms with Gasteiger partial charge in [-0.2, -0.15) is 0 Å². The smallest absolute Gasteiger partial charge is 0.151 e. The van der Waals surface area contributed by atoms with Gasteiger partial charge in [0.2, 0.25) is 0 Å². The molecule has 0 saturated heterocycles. The molecule has 0 bridgehead atoms. The second-order valence-corrected chi connectivity index (χ2v) is 5.78. The summed E-state index contributed by atoms with van der Waals surface area (Å²) in [4.78, 5) is 0. The Morgan fingerprint density at radius 3 is 2.21 bits per heavy atom. The highest BCUT2D eigenvalue weighted by molar-refractivity contribution is 5.91. The summed E-state index contributed by atoms with van der Waals surface area (Å²) in [5, 5.41) is 1.05. The van der Waals surface area contributed by atoms with Gasteiger partial charge >= 0.3 is 0 Å². The molecule has 0 saturated carbocycles. The average molecular weight is 308 g/mol. The Kier molecular flexibility index (Phi) is 3.65. The molecule has 0 N–H and O–H groups in total. The number of para-hydroxylation sites is 1. The highest BCUT2D eigenvalue weighted by Crippen LogP contribution is 2.33. The molecule has 4 rings (SSSR count). The average Bonchev–Trinajstić information content (AvgIpc) is 3.00. The van der Waals surface area contributed by atoms with Crippen LogP contribution in [0.3, 0.4) is 0 Å². The first-order valence-electron chi connectivity index (χ1n) is 7.97. The van der Waals surface area contributed by atoms with Crippen LogP contribution in [0, 0.1) is 18.8 Å². The summed E-state index contributed by atoms with van der Waals surface area (Å²) in [5.74, 6) is 7.41. The van der Waals surface area contributed by atoms with Crippen molar-refractivity contribution in [1.82, 2.24) is 0 Å². The molecule has 1 heteroatoms. The van der Waals surface area contributed by atoms with Crippen molar-refractivity contribution in [3.63, 3.8) is 0 Å². The number of hydrogen-bond acceptors (Lipinski definition) is 1. The second-order valence-electron chi connectivity index (χ2n) is 5.78. The van der Waals surface area contributed by atoms with Crippen LogP contribution < -0.4 is 0 Å². The van der Waals surface area contributed by atoms with Crippen molar-refractivity contribution in [2.45, 2.75) is 6.92 Å². The summed E-state index contributed by atoms with van der Waals surface area (Å²) in [6.07, 6.45) is 0. The molecule has 0 unspecified atom stereocenters. The van der Waals surface area contributed by atoms with Crippen LogP contribution in [0.1, 0.15) is 16.7 Å². The Morgan fingerprint density at radius 2 is 1.42 bits per heavy atom. The van der Waals surface area contributed by atoms with Crippen molar-refractivity contribution in [1.29, 1.82) is 0 Å². The van der Waals surface area contributed by atoms with Crippen molar-refractivity contribution in [2.75, 3.05) is 0 Å². The van der Waals surface area contributed by atoms with Crippen LogP contribution in [0.25, 0.3) is 22.3 Å². The molecular weight excluding hydrogens is 292 g/mol. The van der Waals surface area contributed by atoms with E-state index < -0.39 is 0 Å². The molecular formula is C23H16O. The van der Waals surface area contributed by atoms with Crippen LogP contribution in [-0.4, -0.2) is 0 Å². The minimum absolute atomic E-state index is 0.833. The summed E-state index contributed by atoms with van der Waals surface area (Å²) < 4.78 is 6.11.